The maximum Gasteiger partial charge on any atom is 0.264 e. The van der Waals surface area contributed by atoms with Gasteiger partial charge in [0.1, 0.15) is 0 Å². The number of carbonyl (C=O) groups excluding carboxylic acids is 1. The van der Waals surface area contributed by atoms with E-state index < -0.39 is 10.1 Å². The Kier molecular flexibility index (Phi) is 5.72. The summed E-state index contributed by atoms with van der Waals surface area (Å²) in [7, 11) is -3.49. The molecule has 104 valence electrons. The Labute approximate surface area is 113 Å². The zero-order valence-corrected chi connectivity index (χ0v) is 11.6. The van der Waals surface area contributed by atoms with Crippen molar-refractivity contribution in [3.63, 3.8) is 0 Å². The molecule has 0 heterocycles. The number of hydrogen-bond acceptors (Lipinski definition) is 4. The van der Waals surface area contributed by atoms with Crippen molar-refractivity contribution in [3.05, 3.63) is 48.6 Å². The molecule has 6 heteroatoms. The second kappa shape index (κ2) is 7.06. The minimum absolute atomic E-state index is 0.0642. The Balaban J connectivity index is 2.63. The van der Waals surface area contributed by atoms with E-state index in [9.17, 15) is 13.2 Å². The molecule has 1 rings (SSSR count). The van der Waals surface area contributed by atoms with E-state index in [1.165, 1.54) is 11.0 Å². The minimum atomic E-state index is -3.49. The summed E-state index contributed by atoms with van der Waals surface area (Å²) in [5.74, 6) is -0.263. The predicted octanol–water partition coefficient (Wildman–Crippen LogP) is 1.18. The van der Waals surface area contributed by atoms with E-state index in [4.69, 9.17) is 0 Å². The molecule has 0 N–H and O–H groups in total. The van der Waals surface area contributed by atoms with Crippen molar-refractivity contribution in [2.45, 2.75) is 6.54 Å². The topological polar surface area (TPSA) is 63.7 Å². The summed E-state index contributed by atoms with van der Waals surface area (Å²) < 4.78 is 26.4. The third kappa shape index (κ3) is 6.17. The van der Waals surface area contributed by atoms with Crippen LogP contribution in [0.1, 0.15) is 5.56 Å². The summed E-state index contributed by atoms with van der Waals surface area (Å²) in [6, 6.07) is 9.41. The second-order valence-electron chi connectivity index (χ2n) is 3.98. The molecule has 0 atom stereocenters. The molecule has 0 bridgehead atoms. The van der Waals surface area contributed by atoms with Crippen molar-refractivity contribution >= 4 is 16.0 Å². The molecule has 1 aromatic rings. The van der Waals surface area contributed by atoms with Gasteiger partial charge < -0.3 is 4.90 Å². The van der Waals surface area contributed by atoms with Gasteiger partial charge in [-0.25, -0.2) is 0 Å². The van der Waals surface area contributed by atoms with E-state index in [0.717, 1.165) is 11.8 Å². The average Bonchev–Trinajstić information content (AvgIpc) is 2.36. The number of benzene rings is 1. The molecule has 0 aliphatic carbocycles. The quantitative estimate of drug-likeness (QED) is 0.557. The van der Waals surface area contributed by atoms with Gasteiger partial charge in [-0.15, -0.1) is 0 Å². The van der Waals surface area contributed by atoms with Gasteiger partial charge in [-0.1, -0.05) is 36.9 Å². The second-order valence-corrected chi connectivity index (χ2v) is 5.62. The summed E-state index contributed by atoms with van der Waals surface area (Å²) in [4.78, 5) is 13.2. The SMILES string of the molecule is C=CC(=O)N(CCOS(C)(=O)=O)Cc1ccccc1. The Morgan fingerprint density at radius 2 is 2.00 bits per heavy atom. The minimum Gasteiger partial charge on any atom is -0.332 e. The zero-order valence-electron chi connectivity index (χ0n) is 10.8. The highest BCUT2D eigenvalue weighted by molar-refractivity contribution is 7.85. The van der Waals surface area contributed by atoms with Crippen molar-refractivity contribution in [3.8, 4) is 0 Å². The first-order valence-electron chi connectivity index (χ1n) is 5.72. The normalized spacial score (nSPS) is 11.0. The fraction of sp³-hybridized carbons (Fsp3) is 0.308. The summed E-state index contributed by atoms with van der Waals surface area (Å²) >= 11 is 0. The van der Waals surface area contributed by atoms with Gasteiger partial charge in [0.25, 0.3) is 10.1 Å². The van der Waals surface area contributed by atoms with Gasteiger partial charge in [0.15, 0.2) is 0 Å². The lowest BCUT2D eigenvalue weighted by Gasteiger charge is -2.20. The molecule has 1 aromatic carbocycles. The van der Waals surface area contributed by atoms with Gasteiger partial charge in [0, 0.05) is 13.1 Å². The fourth-order valence-electron chi connectivity index (χ4n) is 1.50. The van der Waals surface area contributed by atoms with Crippen LogP contribution in [-0.4, -0.2) is 38.6 Å². The van der Waals surface area contributed by atoms with Crippen LogP contribution in [0.4, 0.5) is 0 Å². The monoisotopic (exact) mass is 283 g/mol. The maximum absolute atomic E-state index is 11.7. The van der Waals surface area contributed by atoms with Gasteiger partial charge in [0.05, 0.1) is 12.9 Å². The number of amides is 1. The number of carbonyl (C=O) groups is 1. The Morgan fingerprint density at radius 3 is 2.53 bits per heavy atom. The lowest BCUT2D eigenvalue weighted by Crippen LogP contribution is -2.32. The first kappa shape index (κ1) is 15.4. The van der Waals surface area contributed by atoms with E-state index >= 15 is 0 Å². The highest BCUT2D eigenvalue weighted by Gasteiger charge is 2.12. The van der Waals surface area contributed by atoms with Crippen molar-refractivity contribution in [1.82, 2.24) is 4.90 Å². The molecule has 19 heavy (non-hydrogen) atoms. The van der Waals surface area contributed by atoms with Gasteiger partial charge in [-0.3, -0.25) is 8.98 Å². The fourth-order valence-corrected chi connectivity index (χ4v) is 1.88. The molecule has 0 saturated carbocycles. The molecule has 1 amide bonds. The van der Waals surface area contributed by atoms with Crippen LogP contribution >= 0.6 is 0 Å². The molecular formula is C13H17NO4S. The summed E-state index contributed by atoms with van der Waals surface area (Å²) in [5, 5.41) is 0. The molecule has 0 unspecified atom stereocenters. The van der Waals surface area contributed by atoms with E-state index in [-0.39, 0.29) is 19.1 Å². The van der Waals surface area contributed by atoms with Crippen LogP contribution in [0.2, 0.25) is 0 Å². The Hall–Kier alpha value is -1.66. The third-order valence-corrected chi connectivity index (χ3v) is 2.96. The molecule has 0 aliphatic heterocycles. The highest BCUT2D eigenvalue weighted by Crippen LogP contribution is 2.05. The summed E-state index contributed by atoms with van der Waals surface area (Å²) in [6.45, 7) is 3.94. The molecule has 0 saturated heterocycles. The van der Waals surface area contributed by atoms with E-state index in [1.807, 2.05) is 30.3 Å². The lowest BCUT2D eigenvalue weighted by molar-refractivity contribution is -0.127. The predicted molar refractivity (Wildman–Crippen MR) is 72.9 cm³/mol. The standard InChI is InChI=1S/C13H17NO4S/c1-3-13(15)14(9-10-18-19(2,16)17)11-12-7-5-4-6-8-12/h3-8H,1,9-11H2,2H3. The van der Waals surface area contributed by atoms with E-state index in [1.54, 1.807) is 0 Å². The van der Waals surface area contributed by atoms with Crippen LogP contribution in [-0.2, 0) is 25.6 Å². The van der Waals surface area contributed by atoms with Crippen LogP contribution in [0.5, 0.6) is 0 Å². The van der Waals surface area contributed by atoms with Crippen LogP contribution in [0.15, 0.2) is 43.0 Å². The van der Waals surface area contributed by atoms with Crippen molar-refractivity contribution in [2.24, 2.45) is 0 Å². The van der Waals surface area contributed by atoms with Crippen LogP contribution in [0.3, 0.4) is 0 Å². The van der Waals surface area contributed by atoms with Crippen molar-refractivity contribution < 1.29 is 17.4 Å². The summed E-state index contributed by atoms with van der Waals surface area (Å²) in [6.07, 6.45) is 2.17. The van der Waals surface area contributed by atoms with Gasteiger partial charge in [-0.2, -0.15) is 8.42 Å². The molecule has 0 spiro atoms. The molecular weight excluding hydrogens is 266 g/mol. The highest BCUT2D eigenvalue weighted by atomic mass is 32.2. The van der Waals surface area contributed by atoms with Crippen molar-refractivity contribution in [2.75, 3.05) is 19.4 Å². The van der Waals surface area contributed by atoms with E-state index in [2.05, 4.69) is 10.8 Å². The first-order chi connectivity index (χ1) is 8.92. The molecule has 0 fully saturated rings. The van der Waals surface area contributed by atoms with E-state index in [0.29, 0.717) is 6.54 Å². The largest absolute Gasteiger partial charge is 0.332 e. The summed E-state index contributed by atoms with van der Waals surface area (Å²) in [5.41, 5.74) is 0.956. The lowest BCUT2D eigenvalue weighted by atomic mass is 10.2. The number of rotatable bonds is 7. The van der Waals surface area contributed by atoms with Gasteiger partial charge in [-0.05, 0) is 11.6 Å². The van der Waals surface area contributed by atoms with Crippen LogP contribution in [0, 0.1) is 0 Å². The molecule has 0 aliphatic rings. The van der Waals surface area contributed by atoms with Crippen LogP contribution in [0.25, 0.3) is 0 Å². The zero-order chi connectivity index (χ0) is 14.3. The van der Waals surface area contributed by atoms with Crippen LogP contribution < -0.4 is 0 Å². The number of hydrogen-bond donors (Lipinski definition) is 0. The van der Waals surface area contributed by atoms with Crippen molar-refractivity contribution in [1.29, 1.82) is 0 Å². The smallest absolute Gasteiger partial charge is 0.264 e. The Bertz CT molecular complexity index is 525. The third-order valence-electron chi connectivity index (χ3n) is 2.36. The maximum atomic E-state index is 11.7. The van der Waals surface area contributed by atoms with Gasteiger partial charge in [0.2, 0.25) is 5.91 Å². The molecule has 5 nitrogen and oxygen atoms in total. The average molecular weight is 283 g/mol. The number of nitrogens with zero attached hydrogens (tertiary/aromatic N) is 1. The molecule has 0 radical (unpaired) electrons. The Morgan fingerprint density at radius 1 is 1.37 bits per heavy atom. The first-order valence-corrected chi connectivity index (χ1v) is 7.53. The van der Waals surface area contributed by atoms with Gasteiger partial charge >= 0.3 is 0 Å². The molecule has 0 aromatic heterocycles.